The van der Waals surface area contributed by atoms with Gasteiger partial charge in [-0.3, -0.25) is 14.2 Å². The molecule has 4 rings (SSSR count). The standard InChI is InChI=1S/C27H29N3O4/c1-20(26-28-24-13-7-6-12-23(24)27(32)29(26)16-18-33-2)30(19-22-11-8-17-34-22)25(31)15-14-21-9-4-3-5-10-21/h3-13,17,20H,14-16,18-19H2,1-2H3. The number of ether oxygens (including phenoxy) is 1. The highest BCUT2D eigenvalue weighted by Crippen LogP contribution is 2.24. The van der Waals surface area contributed by atoms with Crippen LogP contribution in [0.3, 0.4) is 0 Å². The van der Waals surface area contributed by atoms with Gasteiger partial charge in [0.05, 0.1) is 42.9 Å². The Bertz CT molecular complexity index is 1280. The molecule has 0 spiro atoms. The molecule has 34 heavy (non-hydrogen) atoms. The van der Waals surface area contributed by atoms with E-state index < -0.39 is 6.04 Å². The van der Waals surface area contributed by atoms with Crippen LogP contribution in [0.1, 0.15) is 36.5 Å². The van der Waals surface area contributed by atoms with Crippen LogP contribution in [0.25, 0.3) is 10.9 Å². The van der Waals surface area contributed by atoms with Gasteiger partial charge in [0.15, 0.2) is 0 Å². The van der Waals surface area contributed by atoms with E-state index in [1.54, 1.807) is 35.0 Å². The molecule has 0 bridgehead atoms. The predicted octanol–water partition coefficient (Wildman–Crippen LogP) is 4.36. The number of aryl methyl sites for hydroxylation is 1. The molecule has 0 saturated heterocycles. The Balaban J connectivity index is 1.70. The highest BCUT2D eigenvalue weighted by Gasteiger charge is 2.27. The van der Waals surface area contributed by atoms with Crippen molar-refractivity contribution >= 4 is 16.8 Å². The van der Waals surface area contributed by atoms with Gasteiger partial charge in [-0.1, -0.05) is 42.5 Å². The Morgan fingerprint density at radius 3 is 2.59 bits per heavy atom. The summed E-state index contributed by atoms with van der Waals surface area (Å²) in [7, 11) is 1.60. The second-order valence-electron chi connectivity index (χ2n) is 8.20. The van der Waals surface area contributed by atoms with Crippen LogP contribution in [-0.4, -0.2) is 34.1 Å². The summed E-state index contributed by atoms with van der Waals surface area (Å²) in [6.45, 7) is 2.90. The normalized spacial score (nSPS) is 12.1. The summed E-state index contributed by atoms with van der Waals surface area (Å²) in [6, 6.07) is 20.4. The zero-order chi connectivity index (χ0) is 23.9. The van der Waals surface area contributed by atoms with Crippen LogP contribution in [0.5, 0.6) is 0 Å². The number of fused-ring (bicyclic) bond motifs is 1. The number of methoxy groups -OCH3 is 1. The maximum Gasteiger partial charge on any atom is 0.261 e. The van der Waals surface area contributed by atoms with E-state index in [1.807, 2.05) is 61.5 Å². The molecule has 1 unspecified atom stereocenters. The molecule has 0 aliphatic rings. The van der Waals surface area contributed by atoms with E-state index in [0.29, 0.717) is 48.5 Å². The number of rotatable bonds is 10. The molecule has 2 heterocycles. The Hall–Kier alpha value is -3.71. The van der Waals surface area contributed by atoms with Crippen molar-refractivity contribution in [2.75, 3.05) is 13.7 Å². The number of amides is 1. The summed E-state index contributed by atoms with van der Waals surface area (Å²) < 4.78 is 12.4. The Kier molecular flexibility index (Phi) is 7.54. The first-order valence-electron chi connectivity index (χ1n) is 11.4. The van der Waals surface area contributed by atoms with Gasteiger partial charge in [-0.05, 0) is 43.2 Å². The number of carbonyl (C=O) groups is 1. The number of hydrogen-bond acceptors (Lipinski definition) is 5. The molecule has 2 aromatic heterocycles. The van der Waals surface area contributed by atoms with Gasteiger partial charge < -0.3 is 14.1 Å². The Labute approximate surface area is 198 Å². The van der Waals surface area contributed by atoms with Gasteiger partial charge in [0, 0.05) is 13.5 Å². The number of aromatic nitrogens is 2. The zero-order valence-electron chi connectivity index (χ0n) is 19.5. The lowest BCUT2D eigenvalue weighted by atomic mass is 10.1. The van der Waals surface area contributed by atoms with Crippen LogP contribution in [0.4, 0.5) is 0 Å². The van der Waals surface area contributed by atoms with E-state index in [2.05, 4.69) is 0 Å². The largest absolute Gasteiger partial charge is 0.467 e. The molecule has 4 aromatic rings. The number of hydrogen-bond donors (Lipinski definition) is 0. The van der Waals surface area contributed by atoms with Crippen molar-refractivity contribution in [2.45, 2.75) is 38.9 Å². The Morgan fingerprint density at radius 1 is 1.09 bits per heavy atom. The van der Waals surface area contributed by atoms with E-state index in [4.69, 9.17) is 14.1 Å². The average Bonchev–Trinajstić information content (AvgIpc) is 3.39. The van der Waals surface area contributed by atoms with Crippen LogP contribution in [-0.2, 0) is 29.0 Å². The summed E-state index contributed by atoms with van der Waals surface area (Å²) in [4.78, 5) is 33.4. The summed E-state index contributed by atoms with van der Waals surface area (Å²) in [5, 5.41) is 0.544. The van der Waals surface area contributed by atoms with E-state index in [9.17, 15) is 9.59 Å². The minimum Gasteiger partial charge on any atom is -0.467 e. The van der Waals surface area contributed by atoms with Gasteiger partial charge >= 0.3 is 0 Å². The molecule has 7 nitrogen and oxygen atoms in total. The molecule has 0 fully saturated rings. The smallest absolute Gasteiger partial charge is 0.261 e. The molecular formula is C27H29N3O4. The first-order valence-corrected chi connectivity index (χ1v) is 11.4. The van der Waals surface area contributed by atoms with Crippen LogP contribution in [0.2, 0.25) is 0 Å². The number of para-hydroxylation sites is 1. The van der Waals surface area contributed by atoms with Gasteiger partial charge in [-0.15, -0.1) is 0 Å². The third kappa shape index (κ3) is 5.26. The Morgan fingerprint density at radius 2 is 1.85 bits per heavy atom. The first kappa shape index (κ1) is 23.4. The fourth-order valence-electron chi connectivity index (χ4n) is 4.09. The molecule has 176 valence electrons. The lowest BCUT2D eigenvalue weighted by molar-refractivity contribution is -0.134. The molecule has 2 aromatic carbocycles. The SMILES string of the molecule is COCCn1c(C(C)N(Cc2ccco2)C(=O)CCc2ccccc2)nc2ccccc2c1=O. The molecular weight excluding hydrogens is 430 g/mol. The maximum absolute atomic E-state index is 13.5. The average molecular weight is 460 g/mol. The number of carbonyl (C=O) groups excluding carboxylic acids is 1. The molecule has 1 amide bonds. The van der Waals surface area contributed by atoms with Gasteiger partial charge in [-0.2, -0.15) is 0 Å². The summed E-state index contributed by atoms with van der Waals surface area (Å²) >= 11 is 0. The van der Waals surface area contributed by atoms with E-state index in [0.717, 1.165) is 5.56 Å². The second-order valence-corrected chi connectivity index (χ2v) is 8.20. The number of nitrogens with zero attached hydrogens (tertiary/aromatic N) is 3. The summed E-state index contributed by atoms with van der Waals surface area (Å²) in [6.07, 6.45) is 2.56. The maximum atomic E-state index is 13.5. The lowest BCUT2D eigenvalue weighted by Gasteiger charge is -2.30. The van der Waals surface area contributed by atoms with Gasteiger partial charge in [0.25, 0.3) is 5.56 Å². The second kappa shape index (κ2) is 10.9. The van der Waals surface area contributed by atoms with Crippen LogP contribution in [0, 0.1) is 0 Å². The fourth-order valence-corrected chi connectivity index (χ4v) is 4.09. The lowest BCUT2D eigenvalue weighted by Crippen LogP contribution is -2.38. The van der Waals surface area contributed by atoms with E-state index >= 15 is 0 Å². The quantitative estimate of drug-likeness (QED) is 0.352. The van der Waals surface area contributed by atoms with Crippen molar-refractivity contribution < 1.29 is 13.9 Å². The predicted molar refractivity (Wildman–Crippen MR) is 130 cm³/mol. The van der Waals surface area contributed by atoms with Crippen LogP contribution in [0.15, 0.2) is 82.2 Å². The zero-order valence-corrected chi connectivity index (χ0v) is 19.5. The van der Waals surface area contributed by atoms with Gasteiger partial charge in [0.1, 0.15) is 11.6 Å². The molecule has 1 atom stereocenters. The van der Waals surface area contributed by atoms with Crippen molar-refractivity contribution in [3.05, 3.63) is 100 Å². The molecule has 0 saturated carbocycles. The van der Waals surface area contributed by atoms with Crippen LogP contribution >= 0.6 is 0 Å². The third-order valence-corrected chi connectivity index (χ3v) is 5.95. The molecule has 0 aliphatic carbocycles. The molecule has 0 N–H and O–H groups in total. The fraction of sp³-hybridized carbons (Fsp3) is 0.296. The van der Waals surface area contributed by atoms with Gasteiger partial charge in [0.2, 0.25) is 5.91 Å². The van der Waals surface area contributed by atoms with E-state index in [1.165, 1.54) is 0 Å². The van der Waals surface area contributed by atoms with Crippen molar-refractivity contribution in [1.29, 1.82) is 0 Å². The van der Waals surface area contributed by atoms with Gasteiger partial charge in [-0.25, -0.2) is 4.98 Å². The number of benzene rings is 2. The number of furan rings is 1. The minimum absolute atomic E-state index is 0.0338. The molecule has 7 heteroatoms. The van der Waals surface area contributed by atoms with Crippen molar-refractivity contribution in [3.8, 4) is 0 Å². The van der Waals surface area contributed by atoms with Crippen molar-refractivity contribution in [1.82, 2.24) is 14.5 Å². The highest BCUT2D eigenvalue weighted by atomic mass is 16.5. The van der Waals surface area contributed by atoms with E-state index in [-0.39, 0.29) is 18.0 Å². The van der Waals surface area contributed by atoms with Crippen LogP contribution < -0.4 is 5.56 Å². The third-order valence-electron chi connectivity index (χ3n) is 5.95. The summed E-state index contributed by atoms with van der Waals surface area (Å²) in [5.41, 5.74) is 1.57. The highest BCUT2D eigenvalue weighted by molar-refractivity contribution is 5.78. The molecule has 0 radical (unpaired) electrons. The minimum atomic E-state index is -0.456. The molecule has 0 aliphatic heterocycles. The topological polar surface area (TPSA) is 77.6 Å². The van der Waals surface area contributed by atoms with Crippen molar-refractivity contribution in [2.24, 2.45) is 0 Å². The summed E-state index contributed by atoms with van der Waals surface area (Å²) in [5.74, 6) is 1.17. The first-order chi connectivity index (χ1) is 16.6. The monoisotopic (exact) mass is 459 g/mol. The van der Waals surface area contributed by atoms with Crippen molar-refractivity contribution in [3.63, 3.8) is 0 Å².